The van der Waals surface area contributed by atoms with Crippen LogP contribution in [0.1, 0.15) is 18.2 Å². The number of benzene rings is 1. The molecule has 0 aliphatic rings. The van der Waals surface area contributed by atoms with Crippen molar-refractivity contribution in [3.8, 4) is 5.88 Å². The molecule has 0 aliphatic heterocycles. The summed E-state index contributed by atoms with van der Waals surface area (Å²) in [6.07, 6.45) is 2.86. The molecule has 1 heterocycles. The zero-order valence-electron chi connectivity index (χ0n) is 11.7. The normalized spacial score (nSPS) is 10.1. The third kappa shape index (κ3) is 4.73. The molecule has 1 aromatic heterocycles. The molecule has 0 aliphatic carbocycles. The quantitative estimate of drug-likeness (QED) is 0.676. The lowest BCUT2D eigenvalue weighted by atomic mass is 10.2. The number of amides is 1. The van der Waals surface area contributed by atoms with Gasteiger partial charge in [-0.1, -0.05) is 30.3 Å². The van der Waals surface area contributed by atoms with Gasteiger partial charge in [0.15, 0.2) is 0 Å². The van der Waals surface area contributed by atoms with Gasteiger partial charge in [0.1, 0.15) is 0 Å². The molecule has 1 amide bonds. The van der Waals surface area contributed by atoms with Crippen LogP contribution in [0, 0.1) is 0 Å². The number of ether oxygens (including phenoxy) is 1. The summed E-state index contributed by atoms with van der Waals surface area (Å²) in [6, 6.07) is 9.80. The van der Waals surface area contributed by atoms with Crippen LogP contribution in [0.5, 0.6) is 5.88 Å². The summed E-state index contributed by atoms with van der Waals surface area (Å²) in [5.74, 6) is -0.437. The Morgan fingerprint density at radius 3 is 2.81 bits per heavy atom. The molecule has 0 saturated heterocycles. The molecule has 7 nitrogen and oxygen atoms in total. The first kappa shape index (κ1) is 14.7. The molecule has 21 heavy (non-hydrogen) atoms. The van der Waals surface area contributed by atoms with Crippen molar-refractivity contribution in [3.05, 3.63) is 54.0 Å². The highest BCUT2D eigenvalue weighted by atomic mass is 16.5. The molecule has 2 rings (SSSR count). The highest BCUT2D eigenvalue weighted by Gasteiger charge is 2.01. The highest BCUT2D eigenvalue weighted by Crippen LogP contribution is 2.06. The van der Waals surface area contributed by atoms with Crippen LogP contribution < -0.4 is 5.43 Å². The van der Waals surface area contributed by atoms with Gasteiger partial charge in [0.05, 0.1) is 31.3 Å². The Balaban J connectivity index is 2.03. The molecule has 4 N–H and O–H groups in total. The molecule has 2 aromatic rings. The first-order valence-corrected chi connectivity index (χ1v) is 6.44. The number of rotatable bonds is 5. The fraction of sp³-hybridized carbons (Fsp3) is 0.214. The van der Waals surface area contributed by atoms with Crippen LogP contribution in [0.15, 0.2) is 42.7 Å². The summed E-state index contributed by atoms with van der Waals surface area (Å²) in [5, 5.41) is 15.3. The molecular formula is C14H18N4O3. The second-order valence-corrected chi connectivity index (χ2v) is 4.44. The number of H-pyrrole nitrogens is 2. The Kier molecular flexibility index (Phi) is 5.05. The van der Waals surface area contributed by atoms with Crippen molar-refractivity contribution < 1.29 is 14.6 Å². The van der Waals surface area contributed by atoms with Crippen molar-refractivity contribution in [2.24, 2.45) is 0 Å². The number of aromatic amines is 2. The number of aromatic nitrogens is 3. The lowest BCUT2D eigenvalue weighted by Gasteiger charge is -2.07. The van der Waals surface area contributed by atoms with Gasteiger partial charge in [-0.05, 0) is 5.56 Å². The summed E-state index contributed by atoms with van der Waals surface area (Å²) in [5.41, 5.74) is 4.20. The van der Waals surface area contributed by atoms with Gasteiger partial charge in [-0.2, -0.15) is 0 Å². The van der Waals surface area contributed by atoms with Gasteiger partial charge in [0.2, 0.25) is 11.8 Å². The monoisotopic (exact) mass is 290 g/mol. The first-order valence-electron chi connectivity index (χ1n) is 6.44. The molecule has 0 spiro atoms. The number of aromatic hydroxyl groups is 1. The van der Waals surface area contributed by atoms with Gasteiger partial charge in [-0.15, -0.1) is 0 Å². The summed E-state index contributed by atoms with van der Waals surface area (Å²) >= 11 is 0. The third-order valence-corrected chi connectivity index (χ3v) is 2.61. The van der Waals surface area contributed by atoms with Gasteiger partial charge in [0, 0.05) is 6.92 Å². The smallest absolute Gasteiger partial charge is 0.235 e. The van der Waals surface area contributed by atoms with E-state index >= 15 is 0 Å². The predicted octanol–water partition coefficient (Wildman–Crippen LogP) is 1.78. The molecule has 0 radical (unpaired) electrons. The van der Waals surface area contributed by atoms with Crippen LogP contribution in [0.25, 0.3) is 0 Å². The first-order chi connectivity index (χ1) is 10.1. The Labute approximate surface area is 121 Å². The molecule has 112 valence electrons. The number of hydrogen-bond acceptors (Lipinski definition) is 3. The average Bonchev–Trinajstić information content (AvgIpc) is 2.62. The number of carbonyl (C=O) groups excluding carboxylic acids is 1. The van der Waals surface area contributed by atoms with Gasteiger partial charge < -0.3 is 20.0 Å². The van der Waals surface area contributed by atoms with Crippen LogP contribution in [-0.2, 0) is 22.7 Å². The minimum absolute atomic E-state index is 0.143. The van der Waals surface area contributed by atoms with E-state index in [0.717, 1.165) is 5.56 Å². The van der Waals surface area contributed by atoms with Crippen molar-refractivity contribution >= 4 is 5.91 Å². The van der Waals surface area contributed by atoms with Crippen molar-refractivity contribution in [2.45, 2.75) is 20.1 Å². The van der Waals surface area contributed by atoms with Gasteiger partial charge in [-0.25, -0.2) is 4.68 Å². The van der Waals surface area contributed by atoms with Gasteiger partial charge in [-0.3, -0.25) is 10.2 Å². The van der Waals surface area contributed by atoms with Crippen LogP contribution in [0.3, 0.4) is 0 Å². The topological polar surface area (TPSA) is 95.1 Å². The lowest BCUT2D eigenvalue weighted by molar-refractivity contribution is -0.115. The van der Waals surface area contributed by atoms with E-state index < -0.39 is 0 Å². The molecule has 0 bridgehead atoms. The van der Waals surface area contributed by atoms with E-state index in [1.807, 2.05) is 30.3 Å². The standard InChI is InChI=1S/C14H18N4O3/c1-11(19)17-18-8-13(16-15-7-14(18)20)10-21-9-12-5-3-2-4-6-12/h2-8,15-16,20H,9-10H2,1H3,(H,17,19). The number of nitrogens with one attached hydrogen (secondary N) is 3. The fourth-order valence-corrected chi connectivity index (χ4v) is 1.70. The van der Waals surface area contributed by atoms with E-state index in [1.54, 1.807) is 0 Å². The zero-order valence-corrected chi connectivity index (χ0v) is 11.7. The molecular weight excluding hydrogens is 272 g/mol. The largest absolute Gasteiger partial charge is 0.492 e. The Hall–Kier alpha value is -2.67. The van der Waals surface area contributed by atoms with Crippen molar-refractivity contribution in [1.29, 1.82) is 0 Å². The van der Waals surface area contributed by atoms with E-state index in [1.165, 1.54) is 24.0 Å². The Bertz CT molecular complexity index is 626. The van der Waals surface area contributed by atoms with Crippen molar-refractivity contribution in [1.82, 2.24) is 14.9 Å². The van der Waals surface area contributed by atoms with Crippen LogP contribution >= 0.6 is 0 Å². The Morgan fingerprint density at radius 1 is 1.33 bits per heavy atom. The van der Waals surface area contributed by atoms with Crippen LogP contribution in [0.4, 0.5) is 0 Å². The van der Waals surface area contributed by atoms with Crippen LogP contribution in [0.2, 0.25) is 0 Å². The van der Waals surface area contributed by atoms with E-state index in [4.69, 9.17) is 4.74 Å². The minimum atomic E-state index is -0.294. The molecule has 0 saturated carbocycles. The fourth-order valence-electron chi connectivity index (χ4n) is 1.70. The predicted molar refractivity (Wildman–Crippen MR) is 77.4 cm³/mol. The summed E-state index contributed by atoms with van der Waals surface area (Å²) in [6.45, 7) is 2.12. The van der Waals surface area contributed by atoms with E-state index in [9.17, 15) is 9.90 Å². The molecule has 0 fully saturated rings. The number of carbonyl (C=O) groups is 1. The van der Waals surface area contributed by atoms with E-state index in [2.05, 4.69) is 15.6 Å². The lowest BCUT2D eigenvalue weighted by Crippen LogP contribution is -2.19. The highest BCUT2D eigenvalue weighted by molar-refractivity contribution is 5.81. The van der Waals surface area contributed by atoms with Crippen molar-refractivity contribution in [2.75, 3.05) is 5.43 Å². The second-order valence-electron chi connectivity index (χ2n) is 4.44. The SMILES string of the molecule is CC(=O)Nn1cc(COCc2ccccc2)[nH][nH]cc1O. The number of hydrogen-bond donors (Lipinski definition) is 4. The summed E-state index contributed by atoms with van der Waals surface area (Å²) < 4.78 is 6.79. The molecule has 0 unspecified atom stereocenters. The molecule has 7 heteroatoms. The number of nitrogens with zero attached hydrogens (tertiary/aromatic N) is 1. The Morgan fingerprint density at radius 2 is 2.10 bits per heavy atom. The van der Waals surface area contributed by atoms with E-state index in [0.29, 0.717) is 18.9 Å². The zero-order chi connectivity index (χ0) is 15.1. The van der Waals surface area contributed by atoms with Crippen molar-refractivity contribution in [3.63, 3.8) is 0 Å². The van der Waals surface area contributed by atoms with Crippen LogP contribution in [-0.4, -0.2) is 25.9 Å². The molecule has 0 atom stereocenters. The van der Waals surface area contributed by atoms with Gasteiger partial charge >= 0.3 is 0 Å². The average molecular weight is 290 g/mol. The van der Waals surface area contributed by atoms with E-state index in [-0.39, 0.29) is 11.8 Å². The van der Waals surface area contributed by atoms with Gasteiger partial charge in [0.25, 0.3) is 0 Å². The maximum atomic E-state index is 11.1. The maximum absolute atomic E-state index is 11.1. The molecule has 1 aromatic carbocycles. The minimum Gasteiger partial charge on any atom is -0.492 e. The third-order valence-electron chi connectivity index (χ3n) is 2.61. The maximum Gasteiger partial charge on any atom is 0.235 e. The second kappa shape index (κ2) is 7.20. The summed E-state index contributed by atoms with van der Waals surface area (Å²) in [4.78, 5) is 11.1. The summed E-state index contributed by atoms with van der Waals surface area (Å²) in [7, 11) is 0.